The van der Waals surface area contributed by atoms with Gasteiger partial charge in [0.15, 0.2) is 5.78 Å². The van der Waals surface area contributed by atoms with Gasteiger partial charge >= 0.3 is 0 Å². The average molecular weight is 482 g/mol. The third-order valence-electron chi connectivity index (χ3n) is 7.03. The Hall–Kier alpha value is -2.91. The van der Waals surface area contributed by atoms with Crippen molar-refractivity contribution in [2.75, 3.05) is 0 Å². The number of ketones is 1. The molecule has 0 aliphatic heterocycles. The fourth-order valence-electron chi connectivity index (χ4n) is 5.42. The second-order valence-electron chi connectivity index (χ2n) is 8.98. The molecule has 3 aromatic carbocycles. The summed E-state index contributed by atoms with van der Waals surface area (Å²) in [5, 5.41) is 0. The van der Waals surface area contributed by atoms with Gasteiger partial charge in [-0.3, -0.25) is 4.79 Å². The van der Waals surface area contributed by atoms with Gasteiger partial charge < -0.3 is 4.57 Å². The Morgan fingerprint density at radius 2 is 1.59 bits per heavy atom. The lowest BCUT2D eigenvalue weighted by Crippen LogP contribution is -2.20. The predicted molar refractivity (Wildman–Crippen MR) is 133 cm³/mol. The van der Waals surface area contributed by atoms with Crippen molar-refractivity contribution >= 4 is 21.7 Å². The van der Waals surface area contributed by atoms with E-state index in [4.69, 9.17) is 0 Å². The van der Waals surface area contributed by atoms with E-state index in [-0.39, 0.29) is 11.7 Å². The van der Waals surface area contributed by atoms with Crippen LogP contribution in [-0.2, 0) is 19.3 Å². The highest BCUT2D eigenvalue weighted by Gasteiger charge is 2.31. The van der Waals surface area contributed by atoms with Gasteiger partial charge in [0.1, 0.15) is 0 Å². The number of nitrogens with zero attached hydrogens (tertiary/aromatic N) is 1. The standard InChI is InChI=1S/C29H24BrNO/c30-24-12-9-21(10-13-24)27-18-26-28(16-23(17-29(26)32)19-5-2-1-3-6-19)31(27)25-14-11-20-7-4-8-22(20)15-25/h1-3,5-6,9-15,18,23H,4,7-8,16-17H2. The summed E-state index contributed by atoms with van der Waals surface area (Å²) >= 11 is 3.55. The topological polar surface area (TPSA) is 22.0 Å². The van der Waals surface area contributed by atoms with Crippen LogP contribution in [-0.4, -0.2) is 10.4 Å². The van der Waals surface area contributed by atoms with Crippen LogP contribution in [0.5, 0.6) is 0 Å². The van der Waals surface area contributed by atoms with Crippen molar-refractivity contribution in [1.82, 2.24) is 4.57 Å². The molecular weight excluding hydrogens is 458 g/mol. The van der Waals surface area contributed by atoms with Gasteiger partial charge in [-0.15, -0.1) is 0 Å². The van der Waals surface area contributed by atoms with Crippen molar-refractivity contribution in [2.24, 2.45) is 0 Å². The molecule has 158 valence electrons. The molecule has 0 amide bonds. The van der Waals surface area contributed by atoms with Gasteiger partial charge in [0.25, 0.3) is 0 Å². The van der Waals surface area contributed by atoms with Gasteiger partial charge in [-0.25, -0.2) is 0 Å². The van der Waals surface area contributed by atoms with E-state index in [2.05, 4.69) is 93.3 Å². The summed E-state index contributed by atoms with van der Waals surface area (Å²) in [4.78, 5) is 13.3. The maximum Gasteiger partial charge on any atom is 0.165 e. The van der Waals surface area contributed by atoms with Crippen LogP contribution in [0.15, 0.2) is 83.3 Å². The lowest BCUT2D eigenvalue weighted by molar-refractivity contribution is 0.0963. The first-order chi connectivity index (χ1) is 15.7. The Kier molecular flexibility index (Phi) is 4.87. The zero-order chi connectivity index (χ0) is 21.7. The molecule has 0 saturated heterocycles. The van der Waals surface area contributed by atoms with Crippen LogP contribution in [0.3, 0.4) is 0 Å². The molecule has 1 aromatic heterocycles. The molecule has 4 aromatic rings. The molecule has 1 atom stereocenters. The molecule has 1 unspecified atom stereocenters. The Morgan fingerprint density at radius 1 is 0.812 bits per heavy atom. The first-order valence-electron chi connectivity index (χ1n) is 11.4. The SMILES string of the molecule is O=C1CC(c2ccccc2)Cc2c1cc(-c1ccc(Br)cc1)n2-c1ccc2c(c1)CCC2. The summed E-state index contributed by atoms with van der Waals surface area (Å²) in [5.74, 6) is 0.468. The molecule has 2 aliphatic carbocycles. The van der Waals surface area contributed by atoms with Crippen molar-refractivity contribution in [3.63, 3.8) is 0 Å². The van der Waals surface area contributed by atoms with E-state index in [0.29, 0.717) is 6.42 Å². The van der Waals surface area contributed by atoms with Crippen LogP contribution in [0.1, 0.15) is 51.5 Å². The highest BCUT2D eigenvalue weighted by molar-refractivity contribution is 9.10. The first-order valence-corrected chi connectivity index (χ1v) is 12.2. The van der Waals surface area contributed by atoms with E-state index in [1.54, 1.807) is 0 Å². The lowest BCUT2D eigenvalue weighted by atomic mass is 9.82. The van der Waals surface area contributed by atoms with Gasteiger partial charge in [-0.05, 0) is 84.2 Å². The maximum absolute atomic E-state index is 13.3. The fourth-order valence-corrected chi connectivity index (χ4v) is 5.68. The van der Waals surface area contributed by atoms with E-state index in [0.717, 1.165) is 39.8 Å². The van der Waals surface area contributed by atoms with Crippen molar-refractivity contribution in [2.45, 2.75) is 38.0 Å². The minimum Gasteiger partial charge on any atom is -0.313 e. The third-order valence-corrected chi connectivity index (χ3v) is 7.55. The molecule has 32 heavy (non-hydrogen) atoms. The molecule has 3 heteroatoms. The summed E-state index contributed by atoms with van der Waals surface area (Å²) in [6.07, 6.45) is 5.00. The van der Waals surface area contributed by atoms with Crippen LogP contribution < -0.4 is 0 Å². The van der Waals surface area contributed by atoms with Crippen molar-refractivity contribution in [1.29, 1.82) is 0 Å². The normalized spacial score (nSPS) is 17.3. The molecule has 0 spiro atoms. The van der Waals surface area contributed by atoms with Gasteiger partial charge in [-0.1, -0.05) is 64.5 Å². The van der Waals surface area contributed by atoms with Crippen LogP contribution in [0.25, 0.3) is 16.9 Å². The second-order valence-corrected chi connectivity index (χ2v) is 9.89. The third kappa shape index (κ3) is 3.36. The van der Waals surface area contributed by atoms with Crippen molar-refractivity contribution in [3.8, 4) is 16.9 Å². The zero-order valence-corrected chi connectivity index (χ0v) is 19.4. The van der Waals surface area contributed by atoms with E-state index >= 15 is 0 Å². The number of Topliss-reactive ketones (excluding diaryl/α,β-unsaturated/α-hetero) is 1. The summed E-state index contributed by atoms with van der Waals surface area (Å²) in [6.45, 7) is 0. The molecule has 6 rings (SSSR count). The quantitative estimate of drug-likeness (QED) is 0.300. The van der Waals surface area contributed by atoms with E-state index < -0.39 is 0 Å². The highest BCUT2D eigenvalue weighted by atomic mass is 79.9. The van der Waals surface area contributed by atoms with E-state index in [9.17, 15) is 4.79 Å². The minimum atomic E-state index is 0.219. The van der Waals surface area contributed by atoms with Crippen LogP contribution in [0.4, 0.5) is 0 Å². The van der Waals surface area contributed by atoms with Crippen LogP contribution in [0.2, 0.25) is 0 Å². The molecule has 0 radical (unpaired) electrons. The second kappa shape index (κ2) is 7.90. The largest absolute Gasteiger partial charge is 0.313 e. The Labute approximate surface area is 197 Å². The predicted octanol–water partition coefficient (Wildman–Crippen LogP) is 7.31. The molecule has 0 N–H and O–H groups in total. The van der Waals surface area contributed by atoms with Crippen molar-refractivity contribution < 1.29 is 4.79 Å². The number of carbonyl (C=O) groups is 1. The van der Waals surface area contributed by atoms with E-state index in [1.165, 1.54) is 35.2 Å². The van der Waals surface area contributed by atoms with Gasteiger partial charge in [0, 0.05) is 27.8 Å². The summed E-state index contributed by atoms with van der Waals surface area (Å²) in [5.41, 5.74) is 9.60. The number of carbonyl (C=O) groups excluding carboxylic acids is 1. The number of rotatable bonds is 3. The fraction of sp³-hybridized carbons (Fsp3) is 0.207. The number of aromatic nitrogens is 1. The monoisotopic (exact) mass is 481 g/mol. The van der Waals surface area contributed by atoms with Crippen LogP contribution >= 0.6 is 15.9 Å². The Morgan fingerprint density at radius 3 is 2.41 bits per heavy atom. The molecule has 0 bridgehead atoms. The average Bonchev–Trinajstić information content (AvgIpc) is 3.44. The number of hydrogen-bond donors (Lipinski definition) is 0. The summed E-state index contributed by atoms with van der Waals surface area (Å²) in [7, 11) is 0. The summed E-state index contributed by atoms with van der Waals surface area (Å²) in [6, 6.07) is 27.9. The zero-order valence-electron chi connectivity index (χ0n) is 17.9. The molecule has 0 fully saturated rings. The van der Waals surface area contributed by atoms with Crippen LogP contribution in [0, 0.1) is 0 Å². The number of aryl methyl sites for hydroxylation is 2. The number of hydrogen-bond acceptors (Lipinski definition) is 1. The Balaban J connectivity index is 1.54. The summed E-state index contributed by atoms with van der Waals surface area (Å²) < 4.78 is 3.41. The number of benzene rings is 3. The molecule has 1 heterocycles. The molecular formula is C29H24BrNO. The van der Waals surface area contributed by atoms with E-state index in [1.807, 2.05) is 6.07 Å². The van der Waals surface area contributed by atoms with Crippen molar-refractivity contribution in [3.05, 3.63) is 111 Å². The maximum atomic E-state index is 13.3. The lowest BCUT2D eigenvalue weighted by Gasteiger charge is -2.24. The Bertz CT molecular complexity index is 1320. The first kappa shape index (κ1) is 19.8. The van der Waals surface area contributed by atoms with Gasteiger partial charge in [0.2, 0.25) is 0 Å². The minimum absolute atomic E-state index is 0.219. The van der Waals surface area contributed by atoms with Gasteiger partial charge in [-0.2, -0.15) is 0 Å². The number of halogens is 1. The smallest absolute Gasteiger partial charge is 0.165 e. The highest BCUT2D eigenvalue weighted by Crippen LogP contribution is 2.39. The molecule has 0 saturated carbocycles. The number of fused-ring (bicyclic) bond motifs is 2. The van der Waals surface area contributed by atoms with Gasteiger partial charge in [0.05, 0.1) is 5.69 Å². The molecule has 2 nitrogen and oxygen atoms in total. The molecule has 2 aliphatic rings.